The van der Waals surface area contributed by atoms with E-state index >= 15 is 0 Å². The predicted molar refractivity (Wildman–Crippen MR) is 223 cm³/mol. The van der Waals surface area contributed by atoms with Crippen LogP contribution in [0, 0.1) is 35.0 Å². The highest BCUT2D eigenvalue weighted by atomic mass is 16.4. The van der Waals surface area contributed by atoms with Gasteiger partial charge in [-0.05, 0) is 116 Å². The van der Waals surface area contributed by atoms with Crippen molar-refractivity contribution in [2.45, 2.75) is 66.2 Å². The number of aliphatic carboxylic acids is 1. The summed E-state index contributed by atoms with van der Waals surface area (Å²) in [6, 6.07) is 42.1. The first-order chi connectivity index (χ1) is 25.9. The number of carboxylic acid groups (broad SMARTS) is 1. The van der Waals surface area contributed by atoms with Crippen LogP contribution in [0.15, 0.2) is 127 Å². The molecule has 0 saturated heterocycles. The summed E-state index contributed by atoms with van der Waals surface area (Å²) in [5.74, 6) is 0.274. The van der Waals surface area contributed by atoms with Gasteiger partial charge in [-0.1, -0.05) is 140 Å². The van der Waals surface area contributed by atoms with Crippen LogP contribution in [0.1, 0.15) is 83.2 Å². The zero-order chi connectivity index (χ0) is 38.5. The van der Waals surface area contributed by atoms with Gasteiger partial charge in [0.1, 0.15) is 11.6 Å². The van der Waals surface area contributed by atoms with Crippen LogP contribution in [0.5, 0.6) is 0 Å². The van der Waals surface area contributed by atoms with Crippen molar-refractivity contribution < 1.29 is 9.90 Å². The lowest BCUT2D eigenvalue weighted by Crippen LogP contribution is -2.37. The van der Waals surface area contributed by atoms with Crippen LogP contribution in [-0.4, -0.2) is 11.1 Å². The Balaban J connectivity index is 1.44. The second kappa shape index (κ2) is 14.0. The molecule has 0 unspecified atom stereocenters. The van der Waals surface area contributed by atoms with Gasteiger partial charge in [-0.2, -0.15) is 5.26 Å². The number of fused-ring (bicyclic) bond motifs is 6. The molecule has 0 spiro atoms. The number of benzene rings is 5. The standard InChI is InChI=1S/C50H50N2O2/c1-31(2)49(32(3)4)44-18-11-9-16-40(44)42-26-24-38(28-46(42)49)52(37-22-20-35(21-23-37)14-13-15-36(30-51)48(53)54)39-25-27-43-41-17-10-12-19-45(41)50(33(5)6,34(7)8)47(43)29-39/h9-29,31-34H,1-8H3,(H,53,54). The molecule has 4 nitrogen and oxygen atoms in total. The van der Waals surface area contributed by atoms with Gasteiger partial charge in [0.2, 0.25) is 0 Å². The highest BCUT2D eigenvalue weighted by Gasteiger charge is 2.49. The molecule has 1 N–H and O–H groups in total. The predicted octanol–water partition coefficient (Wildman–Crippen LogP) is 12.9. The van der Waals surface area contributed by atoms with E-state index in [-0.39, 0.29) is 16.4 Å². The zero-order valence-corrected chi connectivity index (χ0v) is 32.7. The van der Waals surface area contributed by atoms with Gasteiger partial charge < -0.3 is 10.0 Å². The topological polar surface area (TPSA) is 64.3 Å². The van der Waals surface area contributed by atoms with Crippen LogP contribution in [0.25, 0.3) is 28.3 Å². The summed E-state index contributed by atoms with van der Waals surface area (Å²) in [5.41, 5.74) is 14.4. The molecule has 0 aliphatic heterocycles. The van der Waals surface area contributed by atoms with Crippen LogP contribution in [0.3, 0.4) is 0 Å². The fourth-order valence-electron chi connectivity index (χ4n) is 10.4. The lowest BCUT2D eigenvalue weighted by Gasteiger charge is -2.41. The minimum atomic E-state index is -1.24. The molecule has 0 saturated carbocycles. The Morgan fingerprint density at radius 3 is 1.41 bits per heavy atom. The quantitative estimate of drug-likeness (QED) is 0.0890. The van der Waals surface area contributed by atoms with Crippen LogP contribution < -0.4 is 4.90 Å². The lowest BCUT2D eigenvalue weighted by atomic mass is 9.63. The van der Waals surface area contributed by atoms with Gasteiger partial charge in [0.25, 0.3) is 0 Å². The van der Waals surface area contributed by atoms with Crippen molar-refractivity contribution in [3.63, 3.8) is 0 Å². The molecule has 0 radical (unpaired) electrons. The Morgan fingerprint density at radius 1 is 0.593 bits per heavy atom. The van der Waals surface area contributed by atoms with E-state index < -0.39 is 5.97 Å². The lowest BCUT2D eigenvalue weighted by molar-refractivity contribution is -0.132. The van der Waals surface area contributed by atoms with Gasteiger partial charge in [0.05, 0.1) is 0 Å². The summed E-state index contributed by atoms with van der Waals surface area (Å²) in [6.45, 7) is 18.9. The van der Waals surface area contributed by atoms with Crippen LogP contribution >= 0.6 is 0 Å². The maximum atomic E-state index is 11.3. The van der Waals surface area contributed by atoms with E-state index in [9.17, 15) is 15.2 Å². The van der Waals surface area contributed by atoms with E-state index in [1.54, 1.807) is 12.1 Å². The highest BCUT2D eigenvalue weighted by molar-refractivity contribution is 5.92. The van der Waals surface area contributed by atoms with Gasteiger partial charge in [-0.15, -0.1) is 0 Å². The first-order valence-corrected chi connectivity index (χ1v) is 19.3. The summed E-state index contributed by atoms with van der Waals surface area (Å²) in [5, 5.41) is 18.4. The van der Waals surface area contributed by atoms with E-state index in [4.69, 9.17) is 0 Å². The molecule has 0 bridgehead atoms. The summed E-state index contributed by atoms with van der Waals surface area (Å²) in [6.07, 6.45) is 4.77. The van der Waals surface area contributed by atoms with Crippen molar-refractivity contribution >= 4 is 29.1 Å². The van der Waals surface area contributed by atoms with Crippen LogP contribution in [-0.2, 0) is 15.6 Å². The van der Waals surface area contributed by atoms with Gasteiger partial charge in [0, 0.05) is 27.9 Å². The molecular weight excluding hydrogens is 661 g/mol. The number of hydrogen-bond acceptors (Lipinski definition) is 3. The molecule has 0 atom stereocenters. The van der Waals surface area contributed by atoms with E-state index in [1.807, 2.05) is 18.2 Å². The maximum absolute atomic E-state index is 11.3. The van der Waals surface area contributed by atoms with Crippen molar-refractivity contribution in [3.8, 4) is 28.3 Å². The van der Waals surface area contributed by atoms with Crippen molar-refractivity contribution in [1.82, 2.24) is 0 Å². The molecule has 0 heterocycles. The minimum Gasteiger partial charge on any atom is -0.477 e. The molecule has 272 valence electrons. The normalized spacial score (nSPS) is 15.1. The van der Waals surface area contributed by atoms with Crippen molar-refractivity contribution in [1.29, 1.82) is 5.26 Å². The highest BCUT2D eigenvalue weighted by Crippen LogP contribution is 2.59. The summed E-state index contributed by atoms with van der Waals surface area (Å²) in [7, 11) is 0. The number of rotatable bonds is 10. The third kappa shape index (κ3) is 5.44. The number of hydrogen-bond donors (Lipinski definition) is 1. The van der Waals surface area contributed by atoms with Crippen molar-refractivity contribution in [3.05, 3.63) is 155 Å². The fraction of sp³-hybridized carbons (Fsp3) is 0.280. The zero-order valence-electron chi connectivity index (χ0n) is 32.7. The molecule has 7 rings (SSSR count). The SMILES string of the molecule is CC(C)C1(C(C)C)c2ccccc2-c2ccc(N(c3ccc(C=CC=C(C#N)C(=O)O)cc3)c3ccc4c(c3)C(C(C)C)(C(C)C)c3ccccc3-4)cc21. The molecular formula is C50H50N2O2. The number of carbonyl (C=O) groups is 1. The van der Waals surface area contributed by atoms with Crippen molar-refractivity contribution in [2.75, 3.05) is 4.90 Å². The monoisotopic (exact) mass is 710 g/mol. The van der Waals surface area contributed by atoms with Gasteiger partial charge in [-0.25, -0.2) is 4.79 Å². The molecule has 0 amide bonds. The second-order valence-corrected chi connectivity index (χ2v) is 16.2. The molecule has 5 aromatic carbocycles. The molecule has 2 aliphatic rings. The molecule has 2 aliphatic carbocycles. The molecule has 54 heavy (non-hydrogen) atoms. The van der Waals surface area contributed by atoms with Crippen LogP contribution in [0.4, 0.5) is 17.1 Å². The first-order valence-electron chi connectivity index (χ1n) is 19.3. The number of nitrogens with zero attached hydrogens (tertiary/aromatic N) is 2. The summed E-state index contributed by atoms with van der Waals surface area (Å²) < 4.78 is 0. The fourth-order valence-corrected chi connectivity index (χ4v) is 10.4. The Bertz CT molecular complexity index is 2210. The molecule has 4 heteroatoms. The average molecular weight is 711 g/mol. The maximum Gasteiger partial charge on any atom is 0.346 e. The van der Waals surface area contributed by atoms with E-state index in [2.05, 4.69) is 157 Å². The Labute approximate surface area is 321 Å². The average Bonchev–Trinajstić information content (AvgIpc) is 3.62. The summed E-state index contributed by atoms with van der Waals surface area (Å²) in [4.78, 5) is 13.7. The van der Waals surface area contributed by atoms with Gasteiger partial charge in [0.15, 0.2) is 0 Å². The smallest absolute Gasteiger partial charge is 0.346 e. The third-order valence-corrected chi connectivity index (χ3v) is 12.4. The number of allylic oxidation sites excluding steroid dienone is 2. The van der Waals surface area contributed by atoms with Crippen LogP contribution in [0.2, 0.25) is 0 Å². The van der Waals surface area contributed by atoms with E-state index in [1.165, 1.54) is 50.6 Å². The summed E-state index contributed by atoms with van der Waals surface area (Å²) >= 11 is 0. The number of nitriles is 1. The minimum absolute atomic E-state index is 0.141. The third-order valence-electron chi connectivity index (χ3n) is 12.4. The molecule has 0 aromatic heterocycles. The van der Waals surface area contributed by atoms with E-state index in [0.717, 1.165) is 22.6 Å². The number of anilines is 3. The Kier molecular flexibility index (Phi) is 9.48. The van der Waals surface area contributed by atoms with E-state index in [0.29, 0.717) is 23.7 Å². The Hall–Kier alpha value is -5.66. The number of carboxylic acids is 1. The largest absolute Gasteiger partial charge is 0.477 e. The first kappa shape index (κ1) is 36.7. The molecule has 5 aromatic rings. The van der Waals surface area contributed by atoms with Crippen molar-refractivity contribution in [2.24, 2.45) is 23.7 Å². The van der Waals surface area contributed by atoms with Gasteiger partial charge in [-0.3, -0.25) is 0 Å². The molecule has 0 fully saturated rings. The Morgan fingerprint density at radius 2 is 1.00 bits per heavy atom. The van der Waals surface area contributed by atoms with Gasteiger partial charge >= 0.3 is 5.97 Å². The second-order valence-electron chi connectivity index (χ2n) is 16.2.